The predicted molar refractivity (Wildman–Crippen MR) is 104 cm³/mol. The van der Waals surface area contributed by atoms with Crippen molar-refractivity contribution in [3.8, 4) is 0 Å². The molecule has 1 atom stereocenters. The highest BCUT2D eigenvalue weighted by Gasteiger charge is 2.15. The van der Waals surface area contributed by atoms with Gasteiger partial charge in [0.05, 0.1) is 5.25 Å². The standard InChI is InChI=1S/C17H17IN2O2S/c1-11(17(22)20-14-8-6-13(18)7-9-14)23-16-5-3-4-15(10-16)19-12(2)21/h3-11H,1-2H3,(H,19,21)(H,20,22). The zero-order valence-electron chi connectivity index (χ0n) is 12.8. The molecule has 120 valence electrons. The molecule has 0 saturated heterocycles. The smallest absolute Gasteiger partial charge is 0.237 e. The summed E-state index contributed by atoms with van der Waals surface area (Å²) in [5.74, 6) is -0.169. The predicted octanol–water partition coefficient (Wildman–Crippen LogP) is 4.37. The number of carbonyl (C=O) groups excluding carboxylic acids is 2. The Morgan fingerprint density at radius 2 is 1.74 bits per heavy atom. The molecule has 0 aliphatic carbocycles. The number of nitrogens with one attached hydrogen (secondary N) is 2. The molecule has 0 bridgehead atoms. The number of thioether (sulfide) groups is 1. The minimum atomic E-state index is -0.248. The van der Waals surface area contributed by atoms with Crippen molar-refractivity contribution in [2.24, 2.45) is 0 Å². The third kappa shape index (κ3) is 5.87. The maximum Gasteiger partial charge on any atom is 0.237 e. The Morgan fingerprint density at radius 1 is 1.04 bits per heavy atom. The summed E-state index contributed by atoms with van der Waals surface area (Å²) < 4.78 is 1.12. The Labute approximate surface area is 153 Å². The molecule has 0 radical (unpaired) electrons. The molecule has 0 aromatic heterocycles. The van der Waals surface area contributed by atoms with E-state index in [1.54, 1.807) is 0 Å². The molecule has 1 unspecified atom stereocenters. The van der Waals surface area contributed by atoms with Crippen LogP contribution in [0.1, 0.15) is 13.8 Å². The number of amides is 2. The molecule has 4 nitrogen and oxygen atoms in total. The van der Waals surface area contributed by atoms with Crippen LogP contribution in [0.25, 0.3) is 0 Å². The van der Waals surface area contributed by atoms with Crippen molar-refractivity contribution in [1.29, 1.82) is 0 Å². The van der Waals surface area contributed by atoms with Crippen LogP contribution in [0.3, 0.4) is 0 Å². The van der Waals surface area contributed by atoms with Crippen molar-refractivity contribution in [2.75, 3.05) is 10.6 Å². The molecule has 0 saturated carbocycles. The molecule has 0 aliphatic heterocycles. The molecule has 6 heteroatoms. The van der Waals surface area contributed by atoms with Gasteiger partial charge < -0.3 is 10.6 Å². The first-order chi connectivity index (χ1) is 10.9. The maximum absolute atomic E-state index is 12.3. The summed E-state index contributed by atoms with van der Waals surface area (Å²) >= 11 is 3.67. The van der Waals surface area contributed by atoms with Crippen LogP contribution in [-0.4, -0.2) is 17.1 Å². The Balaban J connectivity index is 1.97. The number of halogens is 1. The maximum atomic E-state index is 12.3. The molecule has 2 N–H and O–H groups in total. The van der Waals surface area contributed by atoms with Crippen molar-refractivity contribution in [3.05, 3.63) is 52.1 Å². The van der Waals surface area contributed by atoms with E-state index >= 15 is 0 Å². The second kappa shape index (κ2) is 8.35. The van der Waals surface area contributed by atoms with Gasteiger partial charge in [-0.05, 0) is 72.0 Å². The van der Waals surface area contributed by atoms with Gasteiger partial charge in [0.25, 0.3) is 0 Å². The van der Waals surface area contributed by atoms with E-state index in [4.69, 9.17) is 0 Å². The van der Waals surface area contributed by atoms with Gasteiger partial charge in [-0.25, -0.2) is 0 Å². The second-order valence-electron chi connectivity index (χ2n) is 4.97. The topological polar surface area (TPSA) is 58.2 Å². The van der Waals surface area contributed by atoms with E-state index in [2.05, 4.69) is 33.2 Å². The van der Waals surface area contributed by atoms with Gasteiger partial charge in [0.2, 0.25) is 11.8 Å². The van der Waals surface area contributed by atoms with Crippen molar-refractivity contribution in [3.63, 3.8) is 0 Å². The van der Waals surface area contributed by atoms with Gasteiger partial charge in [-0.1, -0.05) is 6.07 Å². The minimum Gasteiger partial charge on any atom is -0.326 e. The highest BCUT2D eigenvalue weighted by molar-refractivity contribution is 14.1. The molecule has 0 fully saturated rings. The van der Waals surface area contributed by atoms with Gasteiger partial charge in [0.1, 0.15) is 0 Å². The van der Waals surface area contributed by atoms with Crippen LogP contribution in [-0.2, 0) is 9.59 Å². The highest BCUT2D eigenvalue weighted by atomic mass is 127. The third-order valence-electron chi connectivity index (χ3n) is 2.95. The minimum absolute atomic E-state index is 0.0545. The van der Waals surface area contributed by atoms with Crippen LogP contribution in [0.15, 0.2) is 53.4 Å². The summed E-state index contributed by atoms with van der Waals surface area (Å²) in [6.07, 6.45) is 0. The lowest BCUT2D eigenvalue weighted by Crippen LogP contribution is -2.22. The molecule has 0 spiro atoms. The lowest BCUT2D eigenvalue weighted by atomic mass is 10.3. The largest absolute Gasteiger partial charge is 0.326 e. The number of carbonyl (C=O) groups is 2. The quantitative estimate of drug-likeness (QED) is 0.537. The number of hydrogen-bond donors (Lipinski definition) is 2. The van der Waals surface area contributed by atoms with E-state index in [-0.39, 0.29) is 17.1 Å². The van der Waals surface area contributed by atoms with Crippen LogP contribution in [0.4, 0.5) is 11.4 Å². The molecule has 2 aromatic rings. The van der Waals surface area contributed by atoms with Crippen molar-refractivity contribution >= 4 is 57.5 Å². The highest BCUT2D eigenvalue weighted by Crippen LogP contribution is 2.26. The molecular formula is C17H17IN2O2S. The monoisotopic (exact) mass is 440 g/mol. The fourth-order valence-electron chi connectivity index (χ4n) is 1.89. The van der Waals surface area contributed by atoms with Crippen molar-refractivity contribution in [1.82, 2.24) is 0 Å². The summed E-state index contributed by atoms with van der Waals surface area (Å²) in [5, 5.41) is 5.39. The first-order valence-electron chi connectivity index (χ1n) is 7.05. The van der Waals surface area contributed by atoms with E-state index in [0.717, 1.165) is 19.8 Å². The van der Waals surface area contributed by atoms with Crippen LogP contribution >= 0.6 is 34.4 Å². The van der Waals surface area contributed by atoms with E-state index < -0.39 is 0 Å². The average Bonchev–Trinajstić information content (AvgIpc) is 2.49. The van der Waals surface area contributed by atoms with Crippen LogP contribution in [0.5, 0.6) is 0 Å². The fourth-order valence-corrected chi connectivity index (χ4v) is 3.17. The van der Waals surface area contributed by atoms with Gasteiger partial charge in [0, 0.05) is 26.8 Å². The van der Waals surface area contributed by atoms with Crippen molar-refractivity contribution < 1.29 is 9.59 Å². The normalized spacial score (nSPS) is 11.6. The SMILES string of the molecule is CC(=O)Nc1cccc(SC(C)C(=O)Nc2ccc(I)cc2)c1. The summed E-state index contributed by atoms with van der Waals surface area (Å²) in [6, 6.07) is 15.1. The van der Waals surface area contributed by atoms with E-state index in [9.17, 15) is 9.59 Å². The second-order valence-corrected chi connectivity index (χ2v) is 7.63. The molecule has 0 heterocycles. The summed E-state index contributed by atoms with van der Waals surface area (Å²) in [6.45, 7) is 3.33. The molecule has 2 amide bonds. The molecule has 2 rings (SSSR count). The average molecular weight is 440 g/mol. The van der Waals surface area contributed by atoms with Gasteiger partial charge in [-0.3, -0.25) is 9.59 Å². The van der Waals surface area contributed by atoms with Gasteiger partial charge in [-0.15, -0.1) is 11.8 Å². The lowest BCUT2D eigenvalue weighted by molar-refractivity contribution is -0.115. The Kier molecular flexibility index (Phi) is 6.47. The Hall–Kier alpha value is -1.54. The number of hydrogen-bond acceptors (Lipinski definition) is 3. The molecule has 2 aromatic carbocycles. The molecule has 0 aliphatic rings. The lowest BCUT2D eigenvalue weighted by Gasteiger charge is -2.13. The first-order valence-corrected chi connectivity index (χ1v) is 9.00. The fraction of sp³-hybridized carbons (Fsp3) is 0.176. The zero-order valence-corrected chi connectivity index (χ0v) is 15.8. The van der Waals surface area contributed by atoms with Crippen LogP contribution < -0.4 is 10.6 Å². The van der Waals surface area contributed by atoms with Gasteiger partial charge >= 0.3 is 0 Å². The van der Waals surface area contributed by atoms with E-state index in [1.807, 2.05) is 55.5 Å². The van der Waals surface area contributed by atoms with Crippen LogP contribution in [0, 0.1) is 3.57 Å². The zero-order chi connectivity index (χ0) is 16.8. The summed E-state index contributed by atoms with van der Waals surface area (Å²) in [5.41, 5.74) is 1.52. The Morgan fingerprint density at radius 3 is 2.39 bits per heavy atom. The first kappa shape index (κ1) is 17.8. The molecule has 23 heavy (non-hydrogen) atoms. The van der Waals surface area contributed by atoms with Crippen molar-refractivity contribution in [2.45, 2.75) is 24.0 Å². The summed E-state index contributed by atoms with van der Waals surface area (Å²) in [4.78, 5) is 24.3. The Bertz CT molecular complexity index is 704. The third-order valence-corrected chi connectivity index (χ3v) is 4.76. The summed E-state index contributed by atoms with van der Waals surface area (Å²) in [7, 11) is 0. The van der Waals surface area contributed by atoms with Gasteiger partial charge in [0.15, 0.2) is 0 Å². The van der Waals surface area contributed by atoms with Gasteiger partial charge in [-0.2, -0.15) is 0 Å². The van der Waals surface area contributed by atoms with E-state index in [0.29, 0.717) is 0 Å². The molecular weight excluding hydrogens is 423 g/mol. The number of rotatable bonds is 5. The number of anilines is 2. The number of benzene rings is 2. The van der Waals surface area contributed by atoms with Crippen LogP contribution in [0.2, 0.25) is 0 Å². The van der Waals surface area contributed by atoms with E-state index in [1.165, 1.54) is 18.7 Å².